The summed E-state index contributed by atoms with van der Waals surface area (Å²) >= 11 is 0. The molecule has 3 amide bonds. The first kappa shape index (κ1) is 16.5. The van der Waals surface area contributed by atoms with Gasteiger partial charge in [-0.25, -0.2) is 0 Å². The topological polar surface area (TPSA) is 114 Å². The summed E-state index contributed by atoms with van der Waals surface area (Å²) in [4.78, 5) is 34.3. The van der Waals surface area contributed by atoms with E-state index in [-0.39, 0.29) is 12.5 Å². The first-order valence-corrected chi connectivity index (χ1v) is 6.48. The fourth-order valence-corrected chi connectivity index (χ4v) is 1.56. The van der Waals surface area contributed by atoms with Gasteiger partial charge in [0.1, 0.15) is 11.8 Å². The van der Waals surface area contributed by atoms with Crippen LogP contribution in [0.15, 0.2) is 28.9 Å². The lowest BCUT2D eigenvalue weighted by Crippen LogP contribution is -2.50. The van der Waals surface area contributed by atoms with Crippen LogP contribution in [0.4, 0.5) is 0 Å². The zero-order valence-electron chi connectivity index (χ0n) is 12.0. The van der Waals surface area contributed by atoms with Crippen molar-refractivity contribution >= 4 is 23.8 Å². The summed E-state index contributed by atoms with van der Waals surface area (Å²) in [7, 11) is 0. The lowest BCUT2D eigenvalue weighted by atomic mass is 10.0. The number of primary amides is 1. The Balaban J connectivity index is 2.38. The first-order chi connectivity index (χ1) is 9.90. The van der Waals surface area contributed by atoms with E-state index in [1.165, 1.54) is 18.4 Å². The fourth-order valence-electron chi connectivity index (χ4n) is 1.56. The van der Waals surface area contributed by atoms with Gasteiger partial charge in [0, 0.05) is 6.08 Å². The number of amides is 3. The molecule has 0 aliphatic carbocycles. The van der Waals surface area contributed by atoms with E-state index in [4.69, 9.17) is 10.2 Å². The Hall–Kier alpha value is -2.57. The summed E-state index contributed by atoms with van der Waals surface area (Å²) in [5.41, 5.74) is 5.18. The maximum Gasteiger partial charge on any atom is 0.244 e. The minimum absolute atomic E-state index is 0.124. The predicted octanol–water partition coefficient (Wildman–Crippen LogP) is 0.0351. The summed E-state index contributed by atoms with van der Waals surface area (Å²) in [5.74, 6) is -1.12. The van der Waals surface area contributed by atoms with Crippen molar-refractivity contribution in [3.8, 4) is 0 Å². The molecule has 1 atom stereocenters. The van der Waals surface area contributed by atoms with Crippen LogP contribution in [-0.2, 0) is 14.4 Å². The average Bonchev–Trinajstić information content (AvgIpc) is 2.92. The third kappa shape index (κ3) is 5.94. The second-order valence-corrected chi connectivity index (χ2v) is 4.76. The molecule has 1 rings (SSSR count). The molecule has 7 nitrogen and oxygen atoms in total. The van der Waals surface area contributed by atoms with Gasteiger partial charge in [0.25, 0.3) is 0 Å². The molecule has 0 aromatic carbocycles. The van der Waals surface area contributed by atoms with E-state index in [1.807, 2.05) is 0 Å². The molecule has 0 radical (unpaired) electrons. The van der Waals surface area contributed by atoms with Gasteiger partial charge in [-0.15, -0.1) is 0 Å². The van der Waals surface area contributed by atoms with Crippen LogP contribution in [0.2, 0.25) is 0 Å². The van der Waals surface area contributed by atoms with Crippen molar-refractivity contribution in [2.75, 3.05) is 6.54 Å². The van der Waals surface area contributed by atoms with E-state index >= 15 is 0 Å². The summed E-state index contributed by atoms with van der Waals surface area (Å²) in [6, 6.07) is 2.63. The molecule has 0 bridgehead atoms. The van der Waals surface area contributed by atoms with E-state index in [9.17, 15) is 14.4 Å². The standard InChI is InChI=1S/C14H19N3O4/c1-9(2)13(14(15)20)17-12(19)8-16-11(18)6-5-10-4-3-7-21-10/h3-7,9,13H,8H2,1-2H3,(H2,15,20)(H,16,18)(H,17,19). The highest BCUT2D eigenvalue weighted by Gasteiger charge is 2.21. The smallest absolute Gasteiger partial charge is 0.244 e. The molecule has 1 heterocycles. The molecule has 1 aromatic heterocycles. The van der Waals surface area contributed by atoms with Crippen LogP contribution in [0.25, 0.3) is 6.08 Å². The van der Waals surface area contributed by atoms with Crippen molar-refractivity contribution in [1.29, 1.82) is 0 Å². The fraction of sp³-hybridized carbons (Fsp3) is 0.357. The molecule has 114 valence electrons. The highest BCUT2D eigenvalue weighted by atomic mass is 16.3. The molecule has 0 spiro atoms. The van der Waals surface area contributed by atoms with Gasteiger partial charge >= 0.3 is 0 Å². The van der Waals surface area contributed by atoms with Crippen molar-refractivity contribution in [2.24, 2.45) is 11.7 Å². The molecule has 0 saturated carbocycles. The maximum absolute atomic E-state index is 11.6. The Morgan fingerprint density at radius 1 is 1.38 bits per heavy atom. The van der Waals surface area contributed by atoms with Crippen LogP contribution in [0.3, 0.4) is 0 Å². The van der Waals surface area contributed by atoms with Gasteiger partial charge in [0.15, 0.2) is 0 Å². The molecule has 4 N–H and O–H groups in total. The number of furan rings is 1. The van der Waals surface area contributed by atoms with Crippen LogP contribution >= 0.6 is 0 Å². The lowest BCUT2D eigenvalue weighted by molar-refractivity contribution is -0.128. The first-order valence-electron chi connectivity index (χ1n) is 6.48. The molecule has 0 aliphatic heterocycles. The van der Waals surface area contributed by atoms with E-state index < -0.39 is 23.8 Å². The molecule has 0 fully saturated rings. The second kappa shape index (κ2) is 7.88. The normalized spacial score (nSPS) is 12.3. The molecule has 1 unspecified atom stereocenters. The van der Waals surface area contributed by atoms with Crippen molar-refractivity contribution < 1.29 is 18.8 Å². The second-order valence-electron chi connectivity index (χ2n) is 4.76. The molecule has 1 aromatic rings. The van der Waals surface area contributed by atoms with Crippen molar-refractivity contribution in [3.63, 3.8) is 0 Å². The minimum Gasteiger partial charge on any atom is -0.465 e. The van der Waals surface area contributed by atoms with Crippen molar-refractivity contribution in [3.05, 3.63) is 30.2 Å². The quantitative estimate of drug-likeness (QED) is 0.615. The van der Waals surface area contributed by atoms with Gasteiger partial charge in [-0.2, -0.15) is 0 Å². The van der Waals surface area contributed by atoms with Crippen LogP contribution in [0.5, 0.6) is 0 Å². The molecule has 21 heavy (non-hydrogen) atoms. The number of carbonyl (C=O) groups is 3. The van der Waals surface area contributed by atoms with Gasteiger partial charge in [0.2, 0.25) is 17.7 Å². The molecular formula is C14H19N3O4. The SMILES string of the molecule is CC(C)C(NC(=O)CNC(=O)C=Cc1ccco1)C(N)=O. The van der Waals surface area contributed by atoms with Crippen LogP contribution in [-0.4, -0.2) is 30.3 Å². The molecule has 7 heteroatoms. The van der Waals surface area contributed by atoms with Gasteiger partial charge in [0.05, 0.1) is 12.8 Å². The molecular weight excluding hydrogens is 274 g/mol. The summed E-state index contributed by atoms with van der Waals surface area (Å²) in [6.45, 7) is 3.29. The zero-order chi connectivity index (χ0) is 15.8. The minimum atomic E-state index is -0.756. The Morgan fingerprint density at radius 2 is 2.10 bits per heavy atom. The molecule has 0 saturated heterocycles. The van der Waals surface area contributed by atoms with Gasteiger partial charge in [-0.1, -0.05) is 13.8 Å². The number of nitrogens with two attached hydrogens (primary N) is 1. The Morgan fingerprint density at radius 3 is 2.62 bits per heavy atom. The number of nitrogens with one attached hydrogen (secondary N) is 2. The monoisotopic (exact) mass is 293 g/mol. The number of rotatable bonds is 7. The van der Waals surface area contributed by atoms with Gasteiger partial charge in [-0.3, -0.25) is 14.4 Å². The summed E-state index contributed by atoms with van der Waals surface area (Å²) in [6.07, 6.45) is 4.22. The van der Waals surface area contributed by atoms with E-state index in [0.29, 0.717) is 5.76 Å². The van der Waals surface area contributed by atoms with Crippen LogP contribution in [0.1, 0.15) is 19.6 Å². The number of hydrogen-bond donors (Lipinski definition) is 3. The number of carbonyl (C=O) groups excluding carboxylic acids is 3. The maximum atomic E-state index is 11.6. The van der Waals surface area contributed by atoms with E-state index in [1.54, 1.807) is 26.0 Å². The van der Waals surface area contributed by atoms with Gasteiger partial charge in [-0.05, 0) is 24.1 Å². The van der Waals surface area contributed by atoms with Crippen LogP contribution in [0, 0.1) is 5.92 Å². The largest absolute Gasteiger partial charge is 0.465 e. The van der Waals surface area contributed by atoms with E-state index in [0.717, 1.165) is 0 Å². The highest BCUT2D eigenvalue weighted by Crippen LogP contribution is 2.02. The highest BCUT2D eigenvalue weighted by molar-refractivity contribution is 5.94. The van der Waals surface area contributed by atoms with E-state index in [2.05, 4.69) is 10.6 Å². The summed E-state index contributed by atoms with van der Waals surface area (Å²) < 4.78 is 5.02. The van der Waals surface area contributed by atoms with Gasteiger partial charge < -0.3 is 20.8 Å². The average molecular weight is 293 g/mol. The third-order valence-corrected chi connectivity index (χ3v) is 2.66. The number of hydrogen-bond acceptors (Lipinski definition) is 4. The van der Waals surface area contributed by atoms with Crippen molar-refractivity contribution in [1.82, 2.24) is 10.6 Å². The Kier molecular flexibility index (Phi) is 6.19. The Labute approximate surface area is 122 Å². The Bertz CT molecular complexity index is 520. The third-order valence-electron chi connectivity index (χ3n) is 2.66. The zero-order valence-corrected chi connectivity index (χ0v) is 12.0. The summed E-state index contributed by atoms with van der Waals surface area (Å²) in [5, 5.41) is 4.87. The lowest BCUT2D eigenvalue weighted by Gasteiger charge is -2.18. The molecule has 0 aliphatic rings. The van der Waals surface area contributed by atoms with Crippen LogP contribution < -0.4 is 16.4 Å². The predicted molar refractivity (Wildman–Crippen MR) is 76.7 cm³/mol. The van der Waals surface area contributed by atoms with Crippen molar-refractivity contribution in [2.45, 2.75) is 19.9 Å².